The number of nitrogens with zero attached hydrogens (tertiary/aromatic N) is 2. The maximum Gasteiger partial charge on any atom is 0.292 e. The van der Waals surface area contributed by atoms with E-state index in [1.165, 1.54) is 7.05 Å². The number of aryl methyl sites for hydroxylation is 1. The smallest absolute Gasteiger partial charge is 0.292 e. The summed E-state index contributed by atoms with van der Waals surface area (Å²) in [4.78, 5) is 11.2. The van der Waals surface area contributed by atoms with E-state index < -0.39 is 15.4 Å². The van der Waals surface area contributed by atoms with E-state index in [0.29, 0.717) is 0 Å². The van der Waals surface area contributed by atoms with Crippen molar-refractivity contribution in [1.29, 1.82) is 0 Å². The number of hydrogen-bond acceptors (Lipinski definition) is 6. The molecule has 0 fully saturated rings. The molecule has 0 aromatic carbocycles. The van der Waals surface area contributed by atoms with E-state index in [2.05, 4.69) is 10.5 Å². The first-order valence-electron chi connectivity index (χ1n) is 3.61. The molecule has 1 rings (SSSR count). The van der Waals surface area contributed by atoms with E-state index in [1.807, 2.05) is 0 Å². The SMILES string of the molecule is Cn1ncc(S(C)(=O)=O)c(NN)c1=O. The highest BCUT2D eigenvalue weighted by Crippen LogP contribution is 2.13. The van der Waals surface area contributed by atoms with Crippen LogP contribution in [0.1, 0.15) is 0 Å². The summed E-state index contributed by atoms with van der Waals surface area (Å²) in [5, 5.41) is 3.58. The predicted molar refractivity (Wildman–Crippen MR) is 50.4 cm³/mol. The van der Waals surface area contributed by atoms with Crippen molar-refractivity contribution in [3.05, 3.63) is 16.6 Å². The molecule has 7 nitrogen and oxygen atoms in total. The van der Waals surface area contributed by atoms with E-state index >= 15 is 0 Å². The van der Waals surface area contributed by atoms with Crippen LogP contribution in [-0.2, 0) is 16.9 Å². The van der Waals surface area contributed by atoms with Gasteiger partial charge in [0.25, 0.3) is 5.56 Å². The molecular formula is C6H10N4O3S. The topological polar surface area (TPSA) is 107 Å². The van der Waals surface area contributed by atoms with Crippen LogP contribution in [0, 0.1) is 0 Å². The summed E-state index contributed by atoms with van der Waals surface area (Å²) in [7, 11) is -2.11. The molecule has 14 heavy (non-hydrogen) atoms. The largest absolute Gasteiger partial charge is 0.318 e. The van der Waals surface area contributed by atoms with E-state index in [1.54, 1.807) is 0 Å². The number of nitrogen functional groups attached to an aromatic ring is 1. The first kappa shape index (κ1) is 10.7. The standard InChI is InChI=1S/C6H10N4O3S/c1-10-6(11)5(9-7)4(3-8-10)14(2,12)13/h3,9H,7H2,1-2H3. The molecule has 3 N–H and O–H groups in total. The number of hydrazine groups is 1. The molecule has 0 aliphatic rings. The average Bonchev–Trinajstić information content (AvgIpc) is 2.07. The van der Waals surface area contributed by atoms with E-state index in [0.717, 1.165) is 17.1 Å². The Morgan fingerprint density at radius 3 is 2.57 bits per heavy atom. The van der Waals surface area contributed by atoms with Crippen LogP contribution in [0.25, 0.3) is 0 Å². The lowest BCUT2D eigenvalue weighted by Crippen LogP contribution is -2.28. The van der Waals surface area contributed by atoms with Gasteiger partial charge in [-0.2, -0.15) is 5.10 Å². The minimum absolute atomic E-state index is 0.176. The zero-order valence-electron chi connectivity index (χ0n) is 7.68. The molecule has 0 radical (unpaired) electrons. The second-order valence-corrected chi connectivity index (χ2v) is 4.71. The number of rotatable bonds is 2. The molecule has 0 aliphatic carbocycles. The fourth-order valence-electron chi connectivity index (χ4n) is 0.937. The van der Waals surface area contributed by atoms with Crippen LogP contribution in [-0.4, -0.2) is 24.5 Å². The second kappa shape index (κ2) is 3.39. The van der Waals surface area contributed by atoms with Crippen molar-refractivity contribution in [3.63, 3.8) is 0 Å². The molecule has 0 unspecified atom stereocenters. The maximum atomic E-state index is 11.4. The summed E-state index contributed by atoms with van der Waals surface area (Å²) in [5.74, 6) is 5.06. The molecule has 0 aliphatic heterocycles. The Balaban J connectivity index is 3.64. The van der Waals surface area contributed by atoms with Crippen molar-refractivity contribution in [2.45, 2.75) is 4.90 Å². The fourth-order valence-corrected chi connectivity index (χ4v) is 1.69. The third-order valence-corrected chi connectivity index (χ3v) is 2.75. The second-order valence-electron chi connectivity index (χ2n) is 2.73. The van der Waals surface area contributed by atoms with Gasteiger partial charge in [0.05, 0.1) is 6.20 Å². The molecule has 0 spiro atoms. The first-order chi connectivity index (χ1) is 6.38. The lowest BCUT2D eigenvalue weighted by Gasteiger charge is -2.06. The van der Waals surface area contributed by atoms with E-state index in [9.17, 15) is 13.2 Å². The van der Waals surface area contributed by atoms with Gasteiger partial charge in [0.15, 0.2) is 9.84 Å². The van der Waals surface area contributed by atoms with Crippen molar-refractivity contribution in [2.75, 3.05) is 11.7 Å². The Hall–Kier alpha value is -1.41. The van der Waals surface area contributed by atoms with Crippen LogP contribution in [0.5, 0.6) is 0 Å². The summed E-state index contributed by atoms with van der Waals surface area (Å²) in [6.45, 7) is 0. The molecular weight excluding hydrogens is 208 g/mol. The minimum atomic E-state index is -3.50. The van der Waals surface area contributed by atoms with Gasteiger partial charge in [-0.15, -0.1) is 0 Å². The molecule has 1 heterocycles. The van der Waals surface area contributed by atoms with Crippen molar-refractivity contribution in [1.82, 2.24) is 9.78 Å². The van der Waals surface area contributed by atoms with Gasteiger partial charge in [0, 0.05) is 13.3 Å². The van der Waals surface area contributed by atoms with Crippen molar-refractivity contribution >= 4 is 15.5 Å². The molecule has 0 saturated heterocycles. The zero-order chi connectivity index (χ0) is 10.9. The Bertz CT molecular complexity index is 504. The van der Waals surface area contributed by atoms with Gasteiger partial charge in [-0.3, -0.25) is 10.6 Å². The third kappa shape index (κ3) is 1.75. The van der Waals surface area contributed by atoms with Gasteiger partial charge < -0.3 is 5.43 Å². The monoisotopic (exact) mass is 218 g/mol. The number of aromatic nitrogens is 2. The quantitative estimate of drug-likeness (QED) is 0.460. The van der Waals surface area contributed by atoms with Crippen molar-refractivity contribution in [2.24, 2.45) is 12.9 Å². The summed E-state index contributed by atoms with van der Waals surface area (Å²) in [5.41, 5.74) is 1.30. The van der Waals surface area contributed by atoms with Crippen LogP contribution >= 0.6 is 0 Å². The number of nitrogens with two attached hydrogens (primary N) is 1. The van der Waals surface area contributed by atoms with Crippen LogP contribution < -0.4 is 16.8 Å². The van der Waals surface area contributed by atoms with Gasteiger partial charge in [-0.25, -0.2) is 13.1 Å². The van der Waals surface area contributed by atoms with Crippen LogP contribution in [0.15, 0.2) is 15.9 Å². The van der Waals surface area contributed by atoms with Gasteiger partial charge in [0.2, 0.25) is 0 Å². The van der Waals surface area contributed by atoms with Crippen LogP contribution in [0.2, 0.25) is 0 Å². The Kier molecular flexibility index (Phi) is 2.58. The molecule has 8 heteroatoms. The van der Waals surface area contributed by atoms with E-state index in [-0.39, 0.29) is 10.6 Å². The van der Waals surface area contributed by atoms with Gasteiger partial charge >= 0.3 is 0 Å². The Morgan fingerprint density at radius 2 is 2.14 bits per heavy atom. The Morgan fingerprint density at radius 1 is 1.57 bits per heavy atom. The number of hydrogen-bond donors (Lipinski definition) is 2. The number of nitrogens with one attached hydrogen (secondary N) is 1. The highest BCUT2D eigenvalue weighted by atomic mass is 32.2. The molecule has 0 amide bonds. The van der Waals surface area contributed by atoms with E-state index in [4.69, 9.17) is 5.84 Å². The highest BCUT2D eigenvalue weighted by Gasteiger charge is 2.17. The molecule has 0 saturated carbocycles. The molecule has 1 aromatic heterocycles. The summed E-state index contributed by atoms with van der Waals surface area (Å²) >= 11 is 0. The third-order valence-electron chi connectivity index (χ3n) is 1.65. The molecule has 1 aromatic rings. The maximum absolute atomic E-state index is 11.4. The van der Waals surface area contributed by atoms with Crippen LogP contribution in [0.3, 0.4) is 0 Å². The van der Waals surface area contributed by atoms with Crippen molar-refractivity contribution in [3.8, 4) is 0 Å². The van der Waals surface area contributed by atoms with Gasteiger partial charge in [-0.05, 0) is 0 Å². The van der Waals surface area contributed by atoms with Crippen LogP contribution in [0.4, 0.5) is 5.69 Å². The summed E-state index contributed by atoms with van der Waals surface area (Å²) in [6, 6.07) is 0. The first-order valence-corrected chi connectivity index (χ1v) is 5.50. The lowest BCUT2D eigenvalue weighted by atomic mass is 10.5. The normalized spacial score (nSPS) is 11.4. The number of anilines is 1. The zero-order valence-corrected chi connectivity index (χ0v) is 8.50. The minimum Gasteiger partial charge on any atom is -0.318 e. The molecule has 0 bridgehead atoms. The van der Waals surface area contributed by atoms with Gasteiger partial charge in [0.1, 0.15) is 10.6 Å². The highest BCUT2D eigenvalue weighted by molar-refractivity contribution is 7.90. The average molecular weight is 218 g/mol. The fraction of sp³-hybridized carbons (Fsp3) is 0.333. The van der Waals surface area contributed by atoms with Gasteiger partial charge in [-0.1, -0.05) is 0 Å². The Labute approximate surface area is 80.4 Å². The summed E-state index contributed by atoms with van der Waals surface area (Å²) < 4.78 is 23.4. The molecule has 0 atom stereocenters. The lowest BCUT2D eigenvalue weighted by molar-refractivity contribution is 0.599. The molecule has 78 valence electrons. The summed E-state index contributed by atoms with van der Waals surface area (Å²) in [6.07, 6.45) is 2.05. The predicted octanol–water partition coefficient (Wildman–Crippen LogP) is -1.53. The van der Waals surface area contributed by atoms with Crippen molar-refractivity contribution < 1.29 is 8.42 Å². The number of sulfone groups is 1.